The molecule has 0 spiro atoms. The van der Waals surface area contributed by atoms with E-state index in [0.717, 1.165) is 39.9 Å². The maximum absolute atomic E-state index is 11.7. The molecule has 1 amide bonds. The monoisotopic (exact) mass is 396 g/mol. The zero-order valence-corrected chi connectivity index (χ0v) is 14.2. The van der Waals surface area contributed by atoms with Crippen molar-refractivity contribution in [2.24, 2.45) is 11.1 Å². The van der Waals surface area contributed by atoms with E-state index in [1.54, 1.807) is 10.9 Å². The van der Waals surface area contributed by atoms with Crippen molar-refractivity contribution >= 4 is 28.5 Å². The van der Waals surface area contributed by atoms with E-state index < -0.39 is 5.91 Å². The fraction of sp³-hybridized carbons (Fsp3) is 0.400. The van der Waals surface area contributed by atoms with E-state index in [9.17, 15) is 4.79 Å². The summed E-state index contributed by atoms with van der Waals surface area (Å²) in [5, 5.41) is 4.44. The summed E-state index contributed by atoms with van der Waals surface area (Å²) in [6.45, 7) is 4.42. The van der Waals surface area contributed by atoms with Crippen LogP contribution in [0.15, 0.2) is 18.3 Å². The standard InChI is InChI=1S/C15H17IN4O/c1-15(2)5-3-11-10(8-15)13(14(17)21)19-20(11)12-7-9(16)4-6-18-12/h4,6-7H,3,5,8H2,1-2H3,(H2,17,21). The Hall–Kier alpha value is -1.44. The molecule has 2 aromatic heterocycles. The van der Waals surface area contributed by atoms with Gasteiger partial charge in [0.1, 0.15) is 0 Å². The van der Waals surface area contributed by atoms with E-state index in [2.05, 4.69) is 46.5 Å². The number of hydrogen-bond acceptors (Lipinski definition) is 3. The Morgan fingerprint density at radius 3 is 2.90 bits per heavy atom. The van der Waals surface area contributed by atoms with Gasteiger partial charge in [0.05, 0.1) is 5.69 Å². The van der Waals surface area contributed by atoms with Crippen LogP contribution in [0.2, 0.25) is 0 Å². The van der Waals surface area contributed by atoms with Crippen LogP contribution in [-0.2, 0) is 12.8 Å². The Balaban J connectivity index is 2.18. The molecule has 6 heteroatoms. The minimum atomic E-state index is -0.465. The molecule has 3 rings (SSSR count). The summed E-state index contributed by atoms with van der Waals surface area (Å²) in [7, 11) is 0. The number of nitrogens with two attached hydrogens (primary N) is 1. The van der Waals surface area contributed by atoms with Crippen molar-refractivity contribution in [1.82, 2.24) is 14.8 Å². The molecule has 0 saturated carbocycles. The molecule has 21 heavy (non-hydrogen) atoms. The Morgan fingerprint density at radius 1 is 1.48 bits per heavy atom. The second-order valence-corrected chi connectivity index (χ2v) is 7.47. The highest BCUT2D eigenvalue weighted by atomic mass is 127. The van der Waals surface area contributed by atoms with Gasteiger partial charge in [-0.25, -0.2) is 9.67 Å². The highest BCUT2D eigenvalue weighted by Gasteiger charge is 2.32. The SMILES string of the molecule is CC1(C)CCc2c(c(C(N)=O)nn2-c2cc(I)ccn2)C1. The largest absolute Gasteiger partial charge is 0.364 e. The van der Waals surface area contributed by atoms with Crippen LogP contribution in [0, 0.1) is 8.99 Å². The zero-order valence-electron chi connectivity index (χ0n) is 12.1. The summed E-state index contributed by atoms with van der Waals surface area (Å²) in [4.78, 5) is 16.1. The third kappa shape index (κ3) is 2.68. The Kier molecular flexibility index (Phi) is 3.51. The molecule has 5 nitrogen and oxygen atoms in total. The second-order valence-electron chi connectivity index (χ2n) is 6.22. The number of hydrogen-bond donors (Lipinski definition) is 1. The first-order valence-electron chi connectivity index (χ1n) is 6.90. The maximum atomic E-state index is 11.7. The average Bonchev–Trinajstić information content (AvgIpc) is 2.76. The molecule has 110 valence electrons. The van der Waals surface area contributed by atoms with Crippen molar-refractivity contribution in [3.8, 4) is 5.82 Å². The smallest absolute Gasteiger partial charge is 0.269 e. The molecule has 0 atom stereocenters. The van der Waals surface area contributed by atoms with Crippen LogP contribution in [0.3, 0.4) is 0 Å². The number of carbonyl (C=O) groups excluding carboxylic acids is 1. The van der Waals surface area contributed by atoms with Crippen LogP contribution >= 0.6 is 22.6 Å². The van der Waals surface area contributed by atoms with Gasteiger partial charge in [-0.2, -0.15) is 5.10 Å². The lowest BCUT2D eigenvalue weighted by Gasteiger charge is -2.29. The van der Waals surface area contributed by atoms with Crippen molar-refractivity contribution in [2.75, 3.05) is 0 Å². The van der Waals surface area contributed by atoms with Gasteiger partial charge >= 0.3 is 0 Å². The molecule has 0 fully saturated rings. The highest BCUT2D eigenvalue weighted by Crippen LogP contribution is 2.36. The van der Waals surface area contributed by atoms with Crippen molar-refractivity contribution in [1.29, 1.82) is 0 Å². The highest BCUT2D eigenvalue weighted by molar-refractivity contribution is 14.1. The van der Waals surface area contributed by atoms with E-state index >= 15 is 0 Å². The lowest BCUT2D eigenvalue weighted by atomic mass is 9.76. The number of amides is 1. The number of carbonyl (C=O) groups is 1. The normalized spacial score (nSPS) is 16.5. The molecule has 0 radical (unpaired) electrons. The van der Waals surface area contributed by atoms with Crippen LogP contribution in [0.1, 0.15) is 42.0 Å². The average molecular weight is 396 g/mol. The number of nitrogens with zero attached hydrogens (tertiary/aromatic N) is 3. The number of fused-ring (bicyclic) bond motifs is 1. The quantitative estimate of drug-likeness (QED) is 0.793. The number of aromatic nitrogens is 3. The third-order valence-electron chi connectivity index (χ3n) is 3.94. The van der Waals surface area contributed by atoms with E-state index in [0.29, 0.717) is 5.69 Å². The first-order valence-corrected chi connectivity index (χ1v) is 7.98. The van der Waals surface area contributed by atoms with Gasteiger partial charge in [-0.05, 0) is 59.4 Å². The van der Waals surface area contributed by atoms with Crippen LogP contribution in [0.5, 0.6) is 0 Å². The van der Waals surface area contributed by atoms with Gasteiger partial charge in [0.15, 0.2) is 11.5 Å². The summed E-state index contributed by atoms with van der Waals surface area (Å²) in [5.41, 5.74) is 8.12. The van der Waals surface area contributed by atoms with Gasteiger partial charge in [-0.3, -0.25) is 4.79 Å². The Labute approximate surface area is 137 Å². The number of halogens is 1. The fourth-order valence-electron chi connectivity index (χ4n) is 2.85. The van der Waals surface area contributed by atoms with E-state index in [1.807, 2.05) is 12.1 Å². The first kappa shape index (κ1) is 14.5. The molecule has 2 aromatic rings. The predicted octanol–water partition coefficient (Wildman–Crippen LogP) is 2.49. The van der Waals surface area contributed by atoms with Crippen molar-refractivity contribution in [3.05, 3.63) is 38.9 Å². The van der Waals surface area contributed by atoms with Crippen molar-refractivity contribution < 1.29 is 4.79 Å². The first-order chi connectivity index (χ1) is 9.87. The number of primary amides is 1. The fourth-order valence-corrected chi connectivity index (χ4v) is 3.29. The van der Waals surface area contributed by atoms with Gasteiger partial charge in [0.2, 0.25) is 0 Å². The number of rotatable bonds is 2. The summed E-state index contributed by atoms with van der Waals surface area (Å²) >= 11 is 2.24. The van der Waals surface area contributed by atoms with Crippen LogP contribution in [0.25, 0.3) is 5.82 Å². The Bertz CT molecular complexity index is 720. The summed E-state index contributed by atoms with van der Waals surface area (Å²) in [6, 6.07) is 3.89. The lowest BCUT2D eigenvalue weighted by Crippen LogP contribution is -2.24. The summed E-state index contributed by atoms with van der Waals surface area (Å²) in [6.07, 6.45) is 4.52. The second kappa shape index (κ2) is 5.08. The van der Waals surface area contributed by atoms with Gasteiger partial charge in [0.25, 0.3) is 5.91 Å². The molecule has 2 N–H and O–H groups in total. The van der Waals surface area contributed by atoms with E-state index in [-0.39, 0.29) is 5.41 Å². The van der Waals surface area contributed by atoms with Gasteiger partial charge < -0.3 is 5.73 Å². The van der Waals surface area contributed by atoms with Gasteiger partial charge in [-0.1, -0.05) is 13.8 Å². The molecule has 1 aliphatic rings. The van der Waals surface area contributed by atoms with Crippen LogP contribution < -0.4 is 5.73 Å². The molecule has 0 aromatic carbocycles. The van der Waals surface area contributed by atoms with Crippen LogP contribution in [-0.4, -0.2) is 20.7 Å². The molecule has 0 aliphatic heterocycles. The summed E-state index contributed by atoms with van der Waals surface area (Å²) < 4.78 is 2.87. The lowest BCUT2D eigenvalue weighted by molar-refractivity contribution is 0.0993. The molecule has 0 unspecified atom stereocenters. The Morgan fingerprint density at radius 2 is 2.24 bits per heavy atom. The molecule has 2 heterocycles. The van der Waals surface area contributed by atoms with Crippen molar-refractivity contribution in [3.63, 3.8) is 0 Å². The minimum Gasteiger partial charge on any atom is -0.364 e. The third-order valence-corrected chi connectivity index (χ3v) is 4.61. The maximum Gasteiger partial charge on any atom is 0.269 e. The van der Waals surface area contributed by atoms with Gasteiger partial charge in [-0.15, -0.1) is 0 Å². The van der Waals surface area contributed by atoms with E-state index in [1.165, 1.54) is 0 Å². The van der Waals surface area contributed by atoms with E-state index in [4.69, 9.17) is 5.73 Å². The van der Waals surface area contributed by atoms with Crippen molar-refractivity contribution in [2.45, 2.75) is 33.1 Å². The summed E-state index contributed by atoms with van der Waals surface area (Å²) in [5.74, 6) is 0.277. The zero-order chi connectivity index (χ0) is 15.2. The molecule has 0 saturated heterocycles. The molecular formula is C15H17IN4O. The van der Waals surface area contributed by atoms with Crippen LogP contribution in [0.4, 0.5) is 0 Å². The molecule has 1 aliphatic carbocycles. The van der Waals surface area contributed by atoms with Gasteiger partial charge in [0, 0.05) is 15.3 Å². The predicted molar refractivity (Wildman–Crippen MR) is 88.4 cm³/mol. The number of pyridine rings is 1. The molecule has 0 bridgehead atoms. The topological polar surface area (TPSA) is 73.8 Å². The minimum absolute atomic E-state index is 0.170. The molecular weight excluding hydrogens is 379 g/mol.